The third kappa shape index (κ3) is 5.48. The minimum atomic E-state index is 0.0520. The zero-order valence-corrected chi connectivity index (χ0v) is 14.0. The largest absolute Gasteiger partial charge is 0.492 e. The van der Waals surface area contributed by atoms with Crippen molar-refractivity contribution in [2.45, 2.75) is 13.0 Å². The second kappa shape index (κ2) is 8.36. The Labute approximate surface area is 137 Å². The van der Waals surface area contributed by atoms with Gasteiger partial charge in [0.2, 0.25) is 5.91 Å². The molecule has 0 spiro atoms. The van der Waals surface area contributed by atoms with E-state index < -0.39 is 0 Å². The van der Waals surface area contributed by atoms with Gasteiger partial charge in [0.25, 0.3) is 0 Å². The molecule has 1 aromatic rings. The quantitative estimate of drug-likeness (QED) is 0.805. The highest BCUT2D eigenvalue weighted by Crippen LogP contribution is 2.15. The molecule has 5 nitrogen and oxygen atoms in total. The maximum atomic E-state index is 12.0. The van der Waals surface area contributed by atoms with Gasteiger partial charge in [-0.3, -0.25) is 9.69 Å². The predicted molar refractivity (Wildman–Crippen MR) is 88.5 cm³/mol. The first kappa shape index (κ1) is 17.1. The van der Waals surface area contributed by atoms with Crippen molar-refractivity contribution in [2.24, 2.45) is 0 Å². The number of rotatable bonds is 6. The van der Waals surface area contributed by atoms with E-state index in [2.05, 4.69) is 29.1 Å². The van der Waals surface area contributed by atoms with Crippen molar-refractivity contribution >= 4 is 17.5 Å². The number of hydrogen-bond donors (Lipinski definition) is 1. The van der Waals surface area contributed by atoms with E-state index in [0.29, 0.717) is 30.8 Å². The molecule has 1 atom stereocenters. The molecule has 0 bridgehead atoms. The van der Waals surface area contributed by atoms with Gasteiger partial charge in [-0.1, -0.05) is 11.6 Å². The molecule has 2 rings (SSSR count). The predicted octanol–water partition coefficient (Wildman–Crippen LogP) is 1.47. The molecule has 1 amide bonds. The van der Waals surface area contributed by atoms with Crippen LogP contribution in [0.15, 0.2) is 24.3 Å². The molecule has 1 aliphatic rings. The molecule has 0 aliphatic carbocycles. The molecule has 0 saturated carbocycles. The van der Waals surface area contributed by atoms with Crippen LogP contribution in [0.5, 0.6) is 5.75 Å². The first-order valence-corrected chi connectivity index (χ1v) is 8.00. The third-order valence-corrected chi connectivity index (χ3v) is 4.07. The highest BCUT2D eigenvalue weighted by Gasteiger charge is 2.22. The van der Waals surface area contributed by atoms with E-state index >= 15 is 0 Å². The van der Waals surface area contributed by atoms with E-state index in [0.717, 1.165) is 25.4 Å². The van der Waals surface area contributed by atoms with Crippen molar-refractivity contribution in [3.05, 3.63) is 29.3 Å². The first-order chi connectivity index (χ1) is 10.5. The Kier molecular flexibility index (Phi) is 6.49. The summed E-state index contributed by atoms with van der Waals surface area (Å²) < 4.78 is 5.54. The second-order valence-corrected chi connectivity index (χ2v) is 6.17. The van der Waals surface area contributed by atoms with Gasteiger partial charge in [0, 0.05) is 30.7 Å². The maximum Gasteiger partial charge on any atom is 0.234 e. The van der Waals surface area contributed by atoms with Crippen LogP contribution in [0.3, 0.4) is 0 Å². The number of carbonyl (C=O) groups excluding carboxylic acids is 1. The molecular weight excluding hydrogens is 302 g/mol. The fourth-order valence-corrected chi connectivity index (χ4v) is 2.67. The van der Waals surface area contributed by atoms with Crippen LogP contribution in [-0.2, 0) is 4.79 Å². The Hall–Kier alpha value is -1.30. The molecule has 1 N–H and O–H groups in total. The molecule has 122 valence electrons. The molecule has 22 heavy (non-hydrogen) atoms. The Morgan fingerprint density at radius 3 is 2.77 bits per heavy atom. The normalized spacial score (nSPS) is 19.9. The number of piperazine rings is 1. The lowest BCUT2D eigenvalue weighted by Crippen LogP contribution is -2.53. The minimum Gasteiger partial charge on any atom is -0.492 e. The van der Waals surface area contributed by atoms with Crippen LogP contribution in [-0.4, -0.2) is 68.1 Å². The van der Waals surface area contributed by atoms with Crippen LogP contribution in [0, 0.1) is 0 Å². The van der Waals surface area contributed by atoms with Crippen LogP contribution in [0.2, 0.25) is 5.02 Å². The van der Waals surface area contributed by atoms with E-state index in [4.69, 9.17) is 16.3 Å². The molecule has 0 aromatic heterocycles. The average Bonchev–Trinajstić information content (AvgIpc) is 2.48. The summed E-state index contributed by atoms with van der Waals surface area (Å²) in [6.07, 6.45) is 0. The molecule has 1 saturated heterocycles. The van der Waals surface area contributed by atoms with E-state index in [1.165, 1.54) is 0 Å². The molecule has 1 heterocycles. The van der Waals surface area contributed by atoms with E-state index in [-0.39, 0.29) is 5.91 Å². The Morgan fingerprint density at radius 1 is 1.36 bits per heavy atom. The van der Waals surface area contributed by atoms with Gasteiger partial charge < -0.3 is 15.0 Å². The summed E-state index contributed by atoms with van der Waals surface area (Å²) in [7, 11) is 2.11. The zero-order chi connectivity index (χ0) is 15.9. The maximum absolute atomic E-state index is 12.0. The summed E-state index contributed by atoms with van der Waals surface area (Å²) in [6, 6.07) is 7.61. The molecule has 0 radical (unpaired) electrons. The Bertz CT molecular complexity index is 481. The van der Waals surface area contributed by atoms with Gasteiger partial charge in [0.1, 0.15) is 12.4 Å². The van der Waals surface area contributed by atoms with Gasteiger partial charge in [-0.2, -0.15) is 0 Å². The summed E-state index contributed by atoms with van der Waals surface area (Å²) in [4.78, 5) is 16.5. The fraction of sp³-hybridized carbons (Fsp3) is 0.562. The molecule has 1 aromatic carbocycles. The smallest absolute Gasteiger partial charge is 0.234 e. The van der Waals surface area contributed by atoms with Gasteiger partial charge in [-0.05, 0) is 38.2 Å². The zero-order valence-electron chi connectivity index (χ0n) is 13.2. The SMILES string of the molecule is C[C@@H]1CN(C)CCN1CC(=O)NCCOc1ccc(Cl)cc1. The van der Waals surface area contributed by atoms with Gasteiger partial charge >= 0.3 is 0 Å². The topological polar surface area (TPSA) is 44.8 Å². The van der Waals surface area contributed by atoms with Crippen molar-refractivity contribution in [3.8, 4) is 5.75 Å². The number of carbonyl (C=O) groups is 1. The average molecular weight is 326 g/mol. The lowest BCUT2D eigenvalue weighted by Gasteiger charge is -2.37. The van der Waals surface area contributed by atoms with Gasteiger partial charge in [-0.15, -0.1) is 0 Å². The number of ether oxygens (including phenoxy) is 1. The summed E-state index contributed by atoms with van der Waals surface area (Å²) in [6.45, 7) is 6.52. The van der Waals surface area contributed by atoms with Crippen LogP contribution >= 0.6 is 11.6 Å². The Balaban J connectivity index is 1.62. The van der Waals surface area contributed by atoms with Crippen LogP contribution < -0.4 is 10.1 Å². The Morgan fingerprint density at radius 2 is 2.09 bits per heavy atom. The van der Waals surface area contributed by atoms with E-state index in [9.17, 15) is 4.79 Å². The summed E-state index contributed by atoms with van der Waals surface area (Å²) >= 11 is 5.81. The number of benzene rings is 1. The standard InChI is InChI=1S/C16H24ClN3O2/c1-13-11-19(2)8-9-20(13)12-16(21)18-7-10-22-15-5-3-14(17)4-6-15/h3-6,13H,7-12H2,1-2H3,(H,18,21)/t13-/m1/s1. The van der Waals surface area contributed by atoms with Crippen molar-refractivity contribution in [1.29, 1.82) is 0 Å². The highest BCUT2D eigenvalue weighted by atomic mass is 35.5. The minimum absolute atomic E-state index is 0.0520. The monoisotopic (exact) mass is 325 g/mol. The number of amides is 1. The lowest BCUT2D eigenvalue weighted by atomic mass is 10.2. The first-order valence-electron chi connectivity index (χ1n) is 7.62. The van der Waals surface area contributed by atoms with Gasteiger partial charge in [-0.25, -0.2) is 0 Å². The fourth-order valence-electron chi connectivity index (χ4n) is 2.54. The van der Waals surface area contributed by atoms with Crippen LogP contribution in [0.4, 0.5) is 0 Å². The van der Waals surface area contributed by atoms with E-state index in [1.807, 2.05) is 12.1 Å². The van der Waals surface area contributed by atoms with Crippen LogP contribution in [0.25, 0.3) is 0 Å². The lowest BCUT2D eigenvalue weighted by molar-refractivity contribution is -0.123. The summed E-state index contributed by atoms with van der Waals surface area (Å²) in [5.74, 6) is 0.808. The third-order valence-electron chi connectivity index (χ3n) is 3.82. The van der Waals surface area contributed by atoms with Crippen molar-refractivity contribution in [1.82, 2.24) is 15.1 Å². The number of halogens is 1. The number of nitrogens with one attached hydrogen (secondary N) is 1. The molecule has 0 unspecified atom stereocenters. The van der Waals surface area contributed by atoms with Crippen LogP contribution in [0.1, 0.15) is 6.92 Å². The molecule has 1 fully saturated rings. The highest BCUT2D eigenvalue weighted by molar-refractivity contribution is 6.30. The number of hydrogen-bond acceptors (Lipinski definition) is 4. The van der Waals surface area contributed by atoms with E-state index in [1.54, 1.807) is 12.1 Å². The molecule has 1 aliphatic heterocycles. The van der Waals surface area contributed by atoms with Crippen molar-refractivity contribution in [2.75, 3.05) is 46.4 Å². The number of likely N-dealkylation sites (N-methyl/N-ethyl adjacent to an activating group) is 1. The second-order valence-electron chi connectivity index (χ2n) is 5.73. The number of nitrogens with zero attached hydrogens (tertiary/aromatic N) is 2. The molecule has 6 heteroatoms. The van der Waals surface area contributed by atoms with Gasteiger partial charge in [0.05, 0.1) is 13.1 Å². The molecular formula is C16H24ClN3O2. The van der Waals surface area contributed by atoms with Crippen molar-refractivity contribution in [3.63, 3.8) is 0 Å². The summed E-state index contributed by atoms with van der Waals surface area (Å²) in [5.41, 5.74) is 0. The van der Waals surface area contributed by atoms with Crippen molar-refractivity contribution < 1.29 is 9.53 Å². The van der Waals surface area contributed by atoms with Gasteiger partial charge in [0.15, 0.2) is 0 Å². The summed E-state index contributed by atoms with van der Waals surface area (Å²) in [5, 5.41) is 3.58.